The molecule has 1 saturated heterocycles. The molecular formula is C17H20N2O4. The number of hydrogen-bond donors (Lipinski definition) is 0. The van der Waals surface area contributed by atoms with Gasteiger partial charge in [-0.15, -0.1) is 0 Å². The number of ether oxygens (including phenoxy) is 1. The van der Waals surface area contributed by atoms with Gasteiger partial charge in [-0.05, 0) is 38.3 Å². The number of likely N-dealkylation sites (tertiary alicyclic amines) is 1. The predicted molar refractivity (Wildman–Crippen MR) is 83.7 cm³/mol. The monoisotopic (exact) mass is 316 g/mol. The summed E-state index contributed by atoms with van der Waals surface area (Å²) < 4.78 is 10.3. The maximum absolute atomic E-state index is 12.1. The van der Waals surface area contributed by atoms with Crippen LogP contribution in [0.2, 0.25) is 0 Å². The van der Waals surface area contributed by atoms with Gasteiger partial charge in [0.15, 0.2) is 12.2 Å². The first-order chi connectivity index (χ1) is 11.1. The zero-order valence-electron chi connectivity index (χ0n) is 13.2. The van der Waals surface area contributed by atoms with Crippen LogP contribution in [0.3, 0.4) is 0 Å². The molecule has 2 aromatic rings. The van der Waals surface area contributed by atoms with Crippen molar-refractivity contribution in [1.82, 2.24) is 10.1 Å². The highest BCUT2D eigenvalue weighted by Gasteiger charge is 2.24. The van der Waals surface area contributed by atoms with E-state index in [-0.39, 0.29) is 25.0 Å². The summed E-state index contributed by atoms with van der Waals surface area (Å²) in [5, 5.41) is 4.69. The molecule has 23 heavy (non-hydrogen) atoms. The van der Waals surface area contributed by atoms with Crippen molar-refractivity contribution >= 4 is 22.8 Å². The van der Waals surface area contributed by atoms with E-state index in [1.165, 1.54) is 0 Å². The van der Waals surface area contributed by atoms with Gasteiger partial charge in [0.05, 0.1) is 6.42 Å². The van der Waals surface area contributed by atoms with Gasteiger partial charge in [-0.1, -0.05) is 17.3 Å². The Balaban J connectivity index is 1.54. The van der Waals surface area contributed by atoms with E-state index in [1.807, 2.05) is 25.1 Å². The molecule has 1 aromatic carbocycles. The van der Waals surface area contributed by atoms with Gasteiger partial charge in [0.2, 0.25) is 0 Å². The molecule has 1 aliphatic heterocycles. The summed E-state index contributed by atoms with van der Waals surface area (Å²) >= 11 is 0. The summed E-state index contributed by atoms with van der Waals surface area (Å²) in [6.07, 6.45) is 3.16. The van der Waals surface area contributed by atoms with E-state index in [1.54, 1.807) is 11.0 Å². The molecule has 1 atom stereocenters. The summed E-state index contributed by atoms with van der Waals surface area (Å²) in [5.74, 6) is -0.599. The first-order valence-corrected chi connectivity index (χ1v) is 7.93. The Morgan fingerprint density at radius 1 is 1.35 bits per heavy atom. The lowest BCUT2D eigenvalue weighted by molar-refractivity contribution is -0.153. The number of fused-ring (bicyclic) bond motifs is 1. The number of amides is 1. The van der Waals surface area contributed by atoms with E-state index < -0.39 is 5.97 Å². The highest BCUT2D eigenvalue weighted by Crippen LogP contribution is 2.19. The first-order valence-electron chi connectivity index (χ1n) is 7.93. The third-order valence-electron chi connectivity index (χ3n) is 4.24. The Kier molecular flexibility index (Phi) is 4.60. The fourth-order valence-corrected chi connectivity index (χ4v) is 2.95. The van der Waals surface area contributed by atoms with Crippen molar-refractivity contribution in [1.29, 1.82) is 0 Å². The minimum Gasteiger partial charge on any atom is -0.455 e. The minimum absolute atomic E-state index is 0.000152. The number of hydrogen-bond acceptors (Lipinski definition) is 5. The van der Waals surface area contributed by atoms with Crippen LogP contribution >= 0.6 is 0 Å². The van der Waals surface area contributed by atoms with Crippen molar-refractivity contribution in [3.05, 3.63) is 30.0 Å². The second-order valence-corrected chi connectivity index (χ2v) is 5.89. The topological polar surface area (TPSA) is 72.6 Å². The Morgan fingerprint density at radius 3 is 3.00 bits per heavy atom. The van der Waals surface area contributed by atoms with Gasteiger partial charge in [-0.3, -0.25) is 9.59 Å². The standard InChI is InChI=1S/C17H20N2O4/c1-12-6-4-5-9-19(12)16(20)11-22-17(21)10-14-13-7-2-3-8-15(13)23-18-14/h2-3,7-8,12H,4-6,9-11H2,1H3/t12-/m0/s1. The fraction of sp³-hybridized carbons (Fsp3) is 0.471. The van der Waals surface area contributed by atoms with Crippen LogP contribution in [0.5, 0.6) is 0 Å². The van der Waals surface area contributed by atoms with E-state index in [4.69, 9.17) is 9.26 Å². The van der Waals surface area contributed by atoms with Crippen LogP contribution in [0, 0.1) is 0 Å². The van der Waals surface area contributed by atoms with Crippen LogP contribution in [0.25, 0.3) is 11.0 Å². The summed E-state index contributed by atoms with van der Waals surface area (Å²) in [6, 6.07) is 7.55. The predicted octanol–water partition coefficient (Wildman–Crippen LogP) is 2.31. The van der Waals surface area contributed by atoms with Crippen LogP contribution < -0.4 is 0 Å². The SMILES string of the molecule is C[C@H]1CCCCN1C(=O)COC(=O)Cc1noc2ccccc12. The smallest absolute Gasteiger partial charge is 0.312 e. The lowest BCUT2D eigenvalue weighted by Crippen LogP contribution is -2.44. The average molecular weight is 316 g/mol. The van der Waals surface area contributed by atoms with Crippen LogP contribution in [-0.4, -0.2) is 41.1 Å². The van der Waals surface area contributed by atoms with Crippen molar-refractivity contribution < 1.29 is 18.8 Å². The Hall–Kier alpha value is -2.37. The normalized spacial score (nSPS) is 18.1. The molecule has 6 nitrogen and oxygen atoms in total. The maximum Gasteiger partial charge on any atom is 0.312 e. The molecule has 1 aliphatic rings. The first kappa shape index (κ1) is 15.5. The second kappa shape index (κ2) is 6.81. The number of para-hydroxylation sites is 1. The van der Waals surface area contributed by atoms with E-state index in [2.05, 4.69) is 5.16 Å². The lowest BCUT2D eigenvalue weighted by Gasteiger charge is -2.33. The number of nitrogens with zero attached hydrogens (tertiary/aromatic N) is 2. The molecule has 0 bridgehead atoms. The molecule has 0 radical (unpaired) electrons. The van der Waals surface area contributed by atoms with Gasteiger partial charge in [0.1, 0.15) is 5.69 Å². The van der Waals surface area contributed by atoms with Crippen LogP contribution in [0.15, 0.2) is 28.8 Å². The molecule has 1 amide bonds. The van der Waals surface area contributed by atoms with E-state index in [0.717, 1.165) is 31.2 Å². The average Bonchev–Trinajstić information content (AvgIpc) is 2.96. The summed E-state index contributed by atoms with van der Waals surface area (Å²) in [6.45, 7) is 2.56. The number of carbonyl (C=O) groups is 2. The Bertz CT molecular complexity index is 709. The van der Waals surface area contributed by atoms with Crippen molar-refractivity contribution in [2.75, 3.05) is 13.2 Å². The molecule has 0 saturated carbocycles. The summed E-state index contributed by atoms with van der Waals surface area (Å²) in [4.78, 5) is 25.9. The quantitative estimate of drug-likeness (QED) is 0.809. The second-order valence-electron chi connectivity index (χ2n) is 5.89. The Morgan fingerprint density at radius 2 is 2.17 bits per heavy atom. The van der Waals surface area contributed by atoms with E-state index >= 15 is 0 Å². The number of aromatic nitrogens is 1. The minimum atomic E-state index is -0.470. The number of rotatable bonds is 4. The zero-order valence-corrected chi connectivity index (χ0v) is 13.2. The van der Waals surface area contributed by atoms with Crippen molar-refractivity contribution in [3.63, 3.8) is 0 Å². The molecule has 0 aliphatic carbocycles. The van der Waals surface area contributed by atoms with E-state index in [0.29, 0.717) is 11.3 Å². The molecule has 0 unspecified atom stereocenters. The molecular weight excluding hydrogens is 296 g/mol. The number of esters is 1. The molecule has 6 heteroatoms. The van der Waals surface area contributed by atoms with Crippen LogP contribution in [0.1, 0.15) is 31.9 Å². The number of piperidine rings is 1. The fourth-order valence-electron chi connectivity index (χ4n) is 2.95. The maximum atomic E-state index is 12.1. The highest BCUT2D eigenvalue weighted by molar-refractivity contribution is 5.85. The van der Waals surface area contributed by atoms with Gasteiger partial charge >= 0.3 is 5.97 Å². The Labute approximate surface area is 134 Å². The molecule has 1 fully saturated rings. The lowest BCUT2D eigenvalue weighted by atomic mass is 10.0. The van der Waals surface area contributed by atoms with Gasteiger partial charge in [0, 0.05) is 18.0 Å². The summed E-state index contributed by atoms with van der Waals surface area (Å²) in [5.41, 5.74) is 1.16. The van der Waals surface area contributed by atoms with Crippen molar-refractivity contribution in [2.45, 2.75) is 38.6 Å². The van der Waals surface area contributed by atoms with Crippen LogP contribution in [0.4, 0.5) is 0 Å². The number of carbonyl (C=O) groups excluding carboxylic acids is 2. The molecule has 122 valence electrons. The van der Waals surface area contributed by atoms with Crippen molar-refractivity contribution in [2.24, 2.45) is 0 Å². The number of benzene rings is 1. The van der Waals surface area contributed by atoms with Gasteiger partial charge in [-0.25, -0.2) is 0 Å². The highest BCUT2D eigenvalue weighted by atomic mass is 16.5. The van der Waals surface area contributed by atoms with Crippen molar-refractivity contribution in [3.8, 4) is 0 Å². The third-order valence-corrected chi connectivity index (χ3v) is 4.24. The van der Waals surface area contributed by atoms with E-state index in [9.17, 15) is 9.59 Å². The molecule has 0 spiro atoms. The van der Waals surface area contributed by atoms with Gasteiger partial charge in [-0.2, -0.15) is 0 Å². The molecule has 2 heterocycles. The third kappa shape index (κ3) is 3.52. The zero-order chi connectivity index (χ0) is 16.2. The van der Waals surface area contributed by atoms with Gasteiger partial charge in [0.25, 0.3) is 5.91 Å². The largest absolute Gasteiger partial charge is 0.455 e. The van der Waals surface area contributed by atoms with Crippen LogP contribution in [-0.2, 0) is 20.7 Å². The molecule has 1 aromatic heterocycles. The van der Waals surface area contributed by atoms with Gasteiger partial charge < -0.3 is 14.2 Å². The summed E-state index contributed by atoms with van der Waals surface area (Å²) in [7, 11) is 0. The molecule has 3 rings (SSSR count). The molecule has 0 N–H and O–H groups in total.